The van der Waals surface area contributed by atoms with Crippen LogP contribution in [0, 0.1) is 6.92 Å². The van der Waals surface area contributed by atoms with Crippen LogP contribution in [-0.4, -0.2) is 27.8 Å². The zero-order chi connectivity index (χ0) is 20.1. The summed E-state index contributed by atoms with van der Waals surface area (Å²) in [5.41, 5.74) is 4.42. The molecule has 0 spiro atoms. The number of rotatable bonds is 6. The molecule has 7 nitrogen and oxygen atoms in total. The van der Waals surface area contributed by atoms with Gasteiger partial charge in [0.05, 0.1) is 13.1 Å². The van der Waals surface area contributed by atoms with Gasteiger partial charge in [0.15, 0.2) is 5.96 Å². The highest BCUT2D eigenvalue weighted by molar-refractivity contribution is 14.0. The number of para-hydroxylation sites is 1. The van der Waals surface area contributed by atoms with Crippen molar-refractivity contribution in [1.29, 1.82) is 0 Å². The number of aryl methyl sites for hydroxylation is 1. The van der Waals surface area contributed by atoms with Crippen LogP contribution in [0.4, 0.5) is 0 Å². The Balaban J connectivity index is 0.00000256. The molecular weight excluding hydrogens is 491 g/mol. The topological polar surface area (TPSA) is 80.3 Å². The molecule has 156 valence electrons. The zero-order valence-corrected chi connectivity index (χ0v) is 19.3. The van der Waals surface area contributed by atoms with E-state index in [-0.39, 0.29) is 24.0 Å². The minimum Gasteiger partial charge on any atom is -0.459 e. The Kier molecular flexibility index (Phi) is 7.45. The molecule has 4 rings (SSSR count). The monoisotopic (exact) mass is 516 g/mol. The van der Waals surface area contributed by atoms with Crippen LogP contribution in [-0.2, 0) is 19.6 Å². The minimum absolute atomic E-state index is 0. The lowest BCUT2D eigenvalue weighted by molar-refractivity contribution is 0.534. The highest BCUT2D eigenvalue weighted by Crippen LogP contribution is 2.24. The number of aromatic nitrogens is 3. The third kappa shape index (κ3) is 5.18. The van der Waals surface area contributed by atoms with E-state index in [2.05, 4.69) is 63.0 Å². The normalized spacial score (nSPS) is 11.3. The van der Waals surface area contributed by atoms with Gasteiger partial charge in [-0.3, -0.25) is 4.99 Å². The van der Waals surface area contributed by atoms with Crippen molar-refractivity contribution in [2.75, 3.05) is 7.05 Å². The number of furan rings is 1. The first kappa shape index (κ1) is 21.8. The molecule has 0 unspecified atom stereocenters. The second-order valence-electron chi connectivity index (χ2n) is 6.84. The molecule has 2 heterocycles. The van der Waals surface area contributed by atoms with Crippen molar-refractivity contribution in [3.63, 3.8) is 0 Å². The second-order valence-corrected chi connectivity index (χ2v) is 6.84. The Morgan fingerprint density at radius 2 is 1.87 bits per heavy atom. The maximum absolute atomic E-state index is 5.96. The van der Waals surface area contributed by atoms with E-state index in [1.807, 2.05) is 22.9 Å². The van der Waals surface area contributed by atoms with Gasteiger partial charge in [-0.05, 0) is 24.1 Å². The molecule has 0 saturated carbocycles. The minimum atomic E-state index is 0. The number of halogens is 1. The van der Waals surface area contributed by atoms with Gasteiger partial charge in [0.25, 0.3) is 0 Å². The van der Waals surface area contributed by atoms with Crippen LogP contribution < -0.4 is 10.6 Å². The van der Waals surface area contributed by atoms with E-state index in [0.717, 1.165) is 28.3 Å². The zero-order valence-electron chi connectivity index (χ0n) is 17.0. The van der Waals surface area contributed by atoms with Gasteiger partial charge in [-0.25, -0.2) is 9.67 Å². The van der Waals surface area contributed by atoms with Crippen molar-refractivity contribution in [2.24, 2.45) is 4.99 Å². The van der Waals surface area contributed by atoms with Crippen LogP contribution in [0.25, 0.3) is 11.0 Å². The van der Waals surface area contributed by atoms with Gasteiger partial charge in [0.1, 0.15) is 24.0 Å². The largest absolute Gasteiger partial charge is 0.459 e. The summed E-state index contributed by atoms with van der Waals surface area (Å²) in [6, 6.07) is 16.5. The summed E-state index contributed by atoms with van der Waals surface area (Å²) in [7, 11) is 1.77. The molecule has 4 aromatic rings. The Bertz CT molecular complexity index is 1120. The average molecular weight is 516 g/mol. The summed E-state index contributed by atoms with van der Waals surface area (Å²) in [5, 5.41) is 12.0. The quantitative estimate of drug-likeness (QED) is 0.231. The standard InChI is InChI=1S/C22H24N6O.HI/c1-16-19-8-3-4-9-20(19)29-21(16)12-26-22(23-2)25-11-17-6-5-7-18(10-17)13-28-15-24-14-27-28;/h3-10,14-15H,11-13H2,1-2H3,(H2,23,25,26);1H. The van der Waals surface area contributed by atoms with Crippen molar-refractivity contribution in [3.8, 4) is 0 Å². The van der Waals surface area contributed by atoms with E-state index in [9.17, 15) is 0 Å². The SMILES string of the molecule is CN=C(NCc1cccc(Cn2cncn2)c1)NCc1oc2ccccc2c1C.I. The van der Waals surface area contributed by atoms with Gasteiger partial charge in [-0.1, -0.05) is 42.5 Å². The lowest BCUT2D eigenvalue weighted by Gasteiger charge is -2.12. The van der Waals surface area contributed by atoms with E-state index in [4.69, 9.17) is 4.42 Å². The van der Waals surface area contributed by atoms with Gasteiger partial charge in [0, 0.05) is 24.5 Å². The van der Waals surface area contributed by atoms with Gasteiger partial charge >= 0.3 is 0 Å². The number of fused-ring (bicyclic) bond motifs is 1. The van der Waals surface area contributed by atoms with E-state index in [1.165, 1.54) is 11.1 Å². The molecule has 2 aromatic carbocycles. The van der Waals surface area contributed by atoms with E-state index in [0.29, 0.717) is 19.6 Å². The third-order valence-corrected chi connectivity index (χ3v) is 4.84. The Hall–Kier alpha value is -2.88. The molecule has 0 atom stereocenters. The molecule has 0 radical (unpaired) electrons. The maximum atomic E-state index is 5.96. The van der Waals surface area contributed by atoms with Gasteiger partial charge < -0.3 is 15.1 Å². The number of hydrogen-bond acceptors (Lipinski definition) is 4. The van der Waals surface area contributed by atoms with Crippen molar-refractivity contribution >= 4 is 40.9 Å². The van der Waals surface area contributed by atoms with Crippen LogP contribution >= 0.6 is 24.0 Å². The molecule has 0 aliphatic heterocycles. The fraction of sp³-hybridized carbons (Fsp3) is 0.227. The lowest BCUT2D eigenvalue weighted by atomic mass is 10.1. The Morgan fingerprint density at radius 1 is 1.07 bits per heavy atom. The number of nitrogens with zero attached hydrogens (tertiary/aromatic N) is 4. The first-order valence-corrected chi connectivity index (χ1v) is 9.54. The molecule has 2 N–H and O–H groups in total. The van der Waals surface area contributed by atoms with Crippen molar-refractivity contribution < 1.29 is 4.42 Å². The van der Waals surface area contributed by atoms with Gasteiger partial charge in [0.2, 0.25) is 0 Å². The lowest BCUT2D eigenvalue weighted by Crippen LogP contribution is -2.36. The highest BCUT2D eigenvalue weighted by Gasteiger charge is 2.10. The molecule has 0 bridgehead atoms. The molecule has 30 heavy (non-hydrogen) atoms. The van der Waals surface area contributed by atoms with Crippen molar-refractivity contribution in [1.82, 2.24) is 25.4 Å². The summed E-state index contributed by atoms with van der Waals surface area (Å²) in [6.45, 7) is 4.03. The van der Waals surface area contributed by atoms with Crippen LogP contribution in [0.5, 0.6) is 0 Å². The van der Waals surface area contributed by atoms with Crippen molar-refractivity contribution in [3.05, 3.63) is 83.6 Å². The molecule has 0 amide bonds. The number of guanidine groups is 1. The fourth-order valence-corrected chi connectivity index (χ4v) is 3.30. The van der Waals surface area contributed by atoms with Gasteiger partial charge in [-0.15, -0.1) is 24.0 Å². The van der Waals surface area contributed by atoms with Crippen LogP contribution in [0.1, 0.15) is 22.5 Å². The Labute approximate surface area is 192 Å². The molecule has 8 heteroatoms. The number of hydrogen-bond donors (Lipinski definition) is 2. The van der Waals surface area contributed by atoms with E-state index >= 15 is 0 Å². The summed E-state index contributed by atoms with van der Waals surface area (Å²) in [5.74, 6) is 1.65. The summed E-state index contributed by atoms with van der Waals surface area (Å²) in [6.07, 6.45) is 3.27. The summed E-state index contributed by atoms with van der Waals surface area (Å²) >= 11 is 0. The predicted octanol–water partition coefficient (Wildman–Crippen LogP) is 3.86. The first-order chi connectivity index (χ1) is 14.2. The number of aliphatic imine (C=N–C) groups is 1. The van der Waals surface area contributed by atoms with E-state index in [1.54, 1.807) is 19.7 Å². The molecular formula is C22H25IN6O. The molecule has 0 aliphatic rings. The fourth-order valence-electron chi connectivity index (χ4n) is 3.30. The maximum Gasteiger partial charge on any atom is 0.191 e. The molecule has 0 fully saturated rings. The first-order valence-electron chi connectivity index (χ1n) is 9.54. The van der Waals surface area contributed by atoms with E-state index < -0.39 is 0 Å². The average Bonchev–Trinajstić information content (AvgIpc) is 3.37. The molecule has 2 aromatic heterocycles. The van der Waals surface area contributed by atoms with Crippen molar-refractivity contribution in [2.45, 2.75) is 26.6 Å². The smallest absolute Gasteiger partial charge is 0.191 e. The van der Waals surface area contributed by atoms with Crippen LogP contribution in [0.3, 0.4) is 0 Å². The number of benzene rings is 2. The summed E-state index contributed by atoms with van der Waals surface area (Å²) in [4.78, 5) is 8.30. The van der Waals surface area contributed by atoms with Crippen LogP contribution in [0.2, 0.25) is 0 Å². The third-order valence-electron chi connectivity index (χ3n) is 4.84. The number of nitrogens with one attached hydrogen (secondary N) is 2. The highest BCUT2D eigenvalue weighted by atomic mass is 127. The second kappa shape index (κ2) is 10.2. The predicted molar refractivity (Wildman–Crippen MR) is 129 cm³/mol. The molecule has 0 aliphatic carbocycles. The van der Waals surface area contributed by atoms with Crippen LogP contribution in [0.15, 0.2) is 70.6 Å². The van der Waals surface area contributed by atoms with Gasteiger partial charge in [-0.2, -0.15) is 5.10 Å². The Morgan fingerprint density at radius 3 is 2.63 bits per heavy atom. The summed E-state index contributed by atoms with van der Waals surface area (Å²) < 4.78 is 7.77. The molecule has 0 saturated heterocycles.